The van der Waals surface area contributed by atoms with Gasteiger partial charge in [-0.3, -0.25) is 28.2 Å². The minimum atomic E-state index is -5.11. The van der Waals surface area contributed by atoms with E-state index in [4.69, 9.17) is 37.5 Å². The molecule has 1 aliphatic rings. The summed E-state index contributed by atoms with van der Waals surface area (Å²) in [7, 11) is -4.67. The molecule has 1 aromatic carbocycles. The maximum Gasteiger partial charge on any atom is 0.473 e. The van der Waals surface area contributed by atoms with Gasteiger partial charge in [0.2, 0.25) is 5.95 Å². The van der Waals surface area contributed by atoms with E-state index < -0.39 is 76.4 Å². The van der Waals surface area contributed by atoms with Gasteiger partial charge in [-0.2, -0.15) is 18.2 Å². The van der Waals surface area contributed by atoms with Crippen molar-refractivity contribution in [2.75, 3.05) is 32.1 Å². The molecule has 4 unspecified atom stereocenters. The number of H-pyrrole nitrogens is 1. The van der Waals surface area contributed by atoms with Crippen LogP contribution in [-0.2, 0) is 32.2 Å². The molecule has 46 heavy (non-hydrogen) atoms. The van der Waals surface area contributed by atoms with Crippen molar-refractivity contribution in [3.8, 4) is 23.0 Å². The van der Waals surface area contributed by atoms with Gasteiger partial charge in [-0.25, -0.2) is 8.96 Å². The summed E-state index contributed by atoms with van der Waals surface area (Å²) in [5, 5.41) is 1.59. The second-order valence-corrected chi connectivity index (χ2v) is 15.1. The van der Waals surface area contributed by atoms with Gasteiger partial charge in [-0.05, 0) is 40.2 Å². The number of phosphoric ester groups is 1. The summed E-state index contributed by atoms with van der Waals surface area (Å²) in [5.41, 5.74) is 6.63. The lowest BCUT2D eigenvalue weighted by atomic mass is 10.0. The number of carbonyl (C=O) groups excluding carboxylic acids is 1. The van der Waals surface area contributed by atoms with E-state index in [-0.39, 0.29) is 23.4 Å². The van der Waals surface area contributed by atoms with E-state index in [0.29, 0.717) is 16.7 Å². The fraction of sp³-hybridized carbons (Fsp3) is 0.375. The first-order valence-electron chi connectivity index (χ1n) is 12.8. The highest BCUT2D eigenvalue weighted by Gasteiger charge is 2.39. The zero-order chi connectivity index (χ0) is 33.9. The lowest BCUT2D eigenvalue weighted by molar-refractivity contribution is -0.173. The van der Waals surface area contributed by atoms with Crippen LogP contribution < -0.4 is 16.6 Å². The Bertz CT molecular complexity index is 1810. The second kappa shape index (κ2) is 14.4. The summed E-state index contributed by atoms with van der Waals surface area (Å²) in [4.78, 5) is 39.8. The van der Waals surface area contributed by atoms with Crippen LogP contribution >= 0.6 is 36.4 Å². The Balaban J connectivity index is 1.43. The van der Waals surface area contributed by atoms with Crippen LogP contribution in [0.3, 0.4) is 0 Å². The number of carbonyl (C=O) groups is 1. The van der Waals surface area contributed by atoms with Crippen LogP contribution in [0.25, 0.3) is 22.2 Å². The van der Waals surface area contributed by atoms with Crippen molar-refractivity contribution in [1.29, 1.82) is 0 Å². The molecular formula is C24H23Cl2F4N5O9P2. The van der Waals surface area contributed by atoms with E-state index >= 15 is 0 Å². The summed E-state index contributed by atoms with van der Waals surface area (Å²) in [6, 6.07) is 6.35. The fourth-order valence-electron chi connectivity index (χ4n) is 4.23. The molecule has 3 aromatic rings. The summed E-state index contributed by atoms with van der Waals surface area (Å²) < 4.78 is 95.5. The first-order valence-corrected chi connectivity index (χ1v) is 17.8. The van der Waals surface area contributed by atoms with Gasteiger partial charge < -0.3 is 29.8 Å². The number of aromatic nitrogens is 3. The Kier molecular flexibility index (Phi) is 11.3. The Morgan fingerprint density at radius 3 is 2.59 bits per heavy atom. The zero-order valence-corrected chi connectivity index (χ0v) is 26.3. The van der Waals surface area contributed by atoms with Gasteiger partial charge in [0, 0.05) is 30.3 Å². The fourth-order valence-corrected chi connectivity index (χ4v) is 5.51. The van der Waals surface area contributed by atoms with E-state index in [1.165, 1.54) is 16.1 Å². The summed E-state index contributed by atoms with van der Waals surface area (Å²) in [5.74, 6) is 2.73. The SMILES string of the molecule is Nc1nc2c(c(-c3ccc(C#CCOP(=O)(O)OCCNC(=O)C(F)(F)F)cc3)cn2C2CC(F)C(COP(=O)(Cl)Cl)O2)c(=O)[nH]1. The lowest BCUT2D eigenvalue weighted by Gasteiger charge is -2.16. The van der Waals surface area contributed by atoms with Crippen LogP contribution in [0.15, 0.2) is 35.3 Å². The highest BCUT2D eigenvalue weighted by molar-refractivity contribution is 8.05. The number of nitrogens with one attached hydrogen (secondary N) is 2. The summed E-state index contributed by atoms with van der Waals surface area (Å²) in [6.07, 6.45) is -11.3. The topological polar surface area (TPSA) is 197 Å². The Hall–Kier alpha value is -2.97. The monoisotopic (exact) mass is 733 g/mol. The van der Waals surface area contributed by atoms with Gasteiger partial charge in [0.15, 0.2) is 5.65 Å². The maximum absolute atomic E-state index is 14.7. The van der Waals surface area contributed by atoms with Gasteiger partial charge in [0.1, 0.15) is 25.1 Å². The average Bonchev–Trinajstić information content (AvgIpc) is 3.52. The molecular weight excluding hydrogens is 711 g/mol. The van der Waals surface area contributed by atoms with E-state index in [9.17, 15) is 41.2 Å². The van der Waals surface area contributed by atoms with Crippen molar-refractivity contribution in [3.63, 3.8) is 0 Å². The van der Waals surface area contributed by atoms with Gasteiger partial charge in [-0.15, -0.1) is 0 Å². The van der Waals surface area contributed by atoms with E-state index in [0.717, 1.165) is 0 Å². The predicted molar refractivity (Wildman–Crippen MR) is 157 cm³/mol. The number of nitrogens with zero attached hydrogens (tertiary/aromatic N) is 2. The molecule has 1 saturated heterocycles. The number of amides is 1. The Labute approximate surface area is 266 Å². The number of nitrogens with two attached hydrogens (primary N) is 1. The molecule has 3 heterocycles. The number of phosphoric acid groups is 1. The van der Waals surface area contributed by atoms with Crippen LogP contribution in [0.1, 0.15) is 18.2 Å². The van der Waals surface area contributed by atoms with Gasteiger partial charge >= 0.3 is 26.0 Å². The molecule has 0 saturated carbocycles. The van der Waals surface area contributed by atoms with Gasteiger partial charge in [0.05, 0.1) is 18.6 Å². The smallest absolute Gasteiger partial charge is 0.369 e. The third-order valence-corrected chi connectivity index (χ3v) is 8.19. The van der Waals surface area contributed by atoms with Gasteiger partial charge in [0.25, 0.3) is 5.56 Å². The number of anilines is 1. The number of hydrogen-bond donors (Lipinski definition) is 4. The summed E-state index contributed by atoms with van der Waals surface area (Å²) in [6.45, 7) is -2.49. The molecule has 0 radical (unpaired) electrons. The number of halogens is 6. The van der Waals surface area contributed by atoms with Crippen molar-refractivity contribution >= 4 is 59.3 Å². The molecule has 1 aliphatic heterocycles. The summed E-state index contributed by atoms with van der Waals surface area (Å²) >= 11 is 10.8. The number of ether oxygens (including phenoxy) is 1. The molecule has 4 rings (SSSR count). The van der Waals surface area contributed by atoms with Crippen molar-refractivity contribution in [3.05, 3.63) is 46.4 Å². The molecule has 0 spiro atoms. The standard InChI is InChI=1S/C24H23Cl2F4N5O9P2/c25-45(26,38)43-12-17-16(27)10-18(44-17)35-11-15(19-20(35)33-23(31)34-21(19)36)14-5-3-13(4-6-14)2-1-8-41-46(39,40)42-9-7-32-22(37)24(28,29)30/h3-6,11,16-18H,7-10,12H2,(H,32,37)(H,39,40)(H3,31,33,34,36). The second-order valence-electron chi connectivity index (χ2n) is 9.40. The van der Waals surface area contributed by atoms with Crippen LogP contribution in [0.4, 0.5) is 23.5 Å². The van der Waals surface area contributed by atoms with Crippen molar-refractivity contribution in [2.24, 2.45) is 0 Å². The number of aromatic amines is 1. The van der Waals surface area contributed by atoms with E-state index in [2.05, 4.69) is 30.9 Å². The number of rotatable bonds is 11. The first-order chi connectivity index (χ1) is 21.4. The van der Waals surface area contributed by atoms with Crippen LogP contribution in [-0.4, -0.2) is 70.2 Å². The molecule has 1 fully saturated rings. The Morgan fingerprint density at radius 1 is 1.24 bits per heavy atom. The molecule has 5 N–H and O–H groups in total. The number of benzene rings is 1. The quantitative estimate of drug-likeness (QED) is 0.0946. The minimum Gasteiger partial charge on any atom is -0.369 e. The van der Waals surface area contributed by atoms with Crippen LogP contribution in [0, 0.1) is 11.8 Å². The Morgan fingerprint density at radius 2 is 1.93 bits per heavy atom. The normalized spacial score (nSPS) is 19.8. The lowest BCUT2D eigenvalue weighted by Crippen LogP contribution is -2.38. The zero-order valence-electron chi connectivity index (χ0n) is 23.0. The van der Waals surface area contributed by atoms with Crippen LogP contribution in [0.5, 0.6) is 0 Å². The highest BCUT2D eigenvalue weighted by Crippen LogP contribution is 2.58. The molecule has 1 amide bonds. The first kappa shape index (κ1) is 35.9. The third kappa shape index (κ3) is 9.54. The molecule has 22 heteroatoms. The largest absolute Gasteiger partial charge is 0.473 e. The van der Waals surface area contributed by atoms with Crippen molar-refractivity contribution < 1.29 is 54.7 Å². The molecule has 4 atom stereocenters. The number of hydrogen-bond acceptors (Lipinski definition) is 10. The number of nitrogen functional groups attached to an aromatic ring is 1. The van der Waals surface area contributed by atoms with E-state index in [1.807, 2.05) is 0 Å². The highest BCUT2D eigenvalue weighted by atomic mass is 35.9. The average molecular weight is 734 g/mol. The van der Waals surface area contributed by atoms with Crippen molar-refractivity contribution in [1.82, 2.24) is 19.9 Å². The maximum atomic E-state index is 14.7. The molecule has 2 aromatic heterocycles. The minimum absolute atomic E-state index is 0.106. The molecule has 250 valence electrons. The molecule has 0 bridgehead atoms. The molecule has 14 nitrogen and oxygen atoms in total. The number of fused-ring (bicyclic) bond motifs is 1. The van der Waals surface area contributed by atoms with Crippen molar-refractivity contribution in [2.45, 2.75) is 31.1 Å². The third-order valence-electron chi connectivity index (χ3n) is 6.19. The number of alkyl halides is 4. The van der Waals surface area contributed by atoms with E-state index in [1.54, 1.807) is 24.3 Å². The molecule has 0 aliphatic carbocycles. The van der Waals surface area contributed by atoms with Gasteiger partial charge in [-0.1, -0.05) is 24.0 Å². The van der Waals surface area contributed by atoms with Crippen LogP contribution in [0.2, 0.25) is 0 Å². The predicted octanol–water partition coefficient (Wildman–Crippen LogP) is 4.37.